The van der Waals surface area contributed by atoms with Crippen LogP contribution in [0.2, 0.25) is 5.02 Å². The summed E-state index contributed by atoms with van der Waals surface area (Å²) in [4.78, 5) is 29.0. The van der Waals surface area contributed by atoms with Crippen molar-refractivity contribution in [3.63, 3.8) is 0 Å². The van der Waals surface area contributed by atoms with Crippen molar-refractivity contribution < 1.29 is 14.3 Å². The molecule has 166 valence electrons. The Morgan fingerprint density at radius 3 is 2.23 bits per heavy atom. The molecule has 2 aromatic carbocycles. The molecular formula is C25H31ClN2O3. The maximum atomic E-state index is 12.6. The maximum Gasteiger partial charge on any atom is 0.222 e. The van der Waals surface area contributed by atoms with E-state index in [0.717, 1.165) is 12.8 Å². The number of benzene rings is 2. The molecule has 1 aliphatic heterocycles. The van der Waals surface area contributed by atoms with Crippen LogP contribution in [0, 0.1) is 6.92 Å². The molecule has 1 heterocycles. The quantitative estimate of drug-likeness (QED) is 0.565. The van der Waals surface area contributed by atoms with Gasteiger partial charge in [0.25, 0.3) is 0 Å². The van der Waals surface area contributed by atoms with Gasteiger partial charge in [-0.2, -0.15) is 0 Å². The highest BCUT2D eigenvalue weighted by Gasteiger charge is 2.21. The number of hydrogen-bond donors (Lipinski definition) is 0. The Hall–Kier alpha value is -2.53. The third-order valence-corrected chi connectivity index (χ3v) is 5.89. The zero-order valence-electron chi connectivity index (χ0n) is 18.2. The average Bonchev–Trinajstić information content (AvgIpc) is 3.03. The Labute approximate surface area is 189 Å². The van der Waals surface area contributed by atoms with Crippen molar-refractivity contribution in [2.75, 3.05) is 32.8 Å². The summed E-state index contributed by atoms with van der Waals surface area (Å²) < 4.78 is 5.66. The molecule has 1 aliphatic rings. The number of ether oxygens (including phenoxy) is 1. The van der Waals surface area contributed by atoms with Crippen LogP contribution in [0.15, 0.2) is 48.5 Å². The Morgan fingerprint density at radius 1 is 0.903 bits per heavy atom. The minimum atomic E-state index is 0.122. The fraction of sp³-hybridized carbons (Fsp3) is 0.440. The van der Waals surface area contributed by atoms with Crippen LogP contribution < -0.4 is 4.74 Å². The summed E-state index contributed by atoms with van der Waals surface area (Å²) in [5.74, 6) is 0.936. The topological polar surface area (TPSA) is 49.9 Å². The highest BCUT2D eigenvalue weighted by molar-refractivity contribution is 6.32. The second-order valence-corrected chi connectivity index (χ2v) is 8.39. The summed E-state index contributed by atoms with van der Waals surface area (Å²) in [5.41, 5.74) is 2.41. The van der Waals surface area contributed by atoms with Crippen molar-refractivity contribution in [2.24, 2.45) is 0 Å². The highest BCUT2D eigenvalue weighted by Crippen LogP contribution is 2.23. The fourth-order valence-corrected chi connectivity index (χ4v) is 3.90. The van der Waals surface area contributed by atoms with E-state index in [1.165, 1.54) is 11.1 Å². The number of aryl methyl sites for hydroxylation is 2. The van der Waals surface area contributed by atoms with E-state index in [2.05, 4.69) is 31.2 Å². The molecule has 0 radical (unpaired) electrons. The lowest BCUT2D eigenvalue weighted by atomic mass is 10.1. The second-order valence-electron chi connectivity index (χ2n) is 7.98. The molecule has 0 aliphatic carbocycles. The van der Waals surface area contributed by atoms with Crippen molar-refractivity contribution in [3.05, 3.63) is 64.7 Å². The van der Waals surface area contributed by atoms with E-state index in [1.54, 1.807) is 6.07 Å². The third kappa shape index (κ3) is 7.28. The van der Waals surface area contributed by atoms with Crippen LogP contribution in [-0.2, 0) is 16.0 Å². The van der Waals surface area contributed by atoms with E-state index in [0.29, 0.717) is 62.8 Å². The number of rotatable bonds is 8. The Bertz CT molecular complexity index is 869. The van der Waals surface area contributed by atoms with Gasteiger partial charge in [0.15, 0.2) is 0 Å². The van der Waals surface area contributed by atoms with Gasteiger partial charge < -0.3 is 14.5 Å². The third-order valence-electron chi connectivity index (χ3n) is 5.58. The van der Waals surface area contributed by atoms with E-state index in [1.807, 2.05) is 28.0 Å². The van der Waals surface area contributed by atoms with Gasteiger partial charge in [-0.05, 0) is 43.9 Å². The van der Waals surface area contributed by atoms with Gasteiger partial charge in [-0.25, -0.2) is 0 Å². The van der Waals surface area contributed by atoms with Gasteiger partial charge in [0.2, 0.25) is 11.8 Å². The molecule has 0 aromatic heterocycles. The number of carbonyl (C=O) groups is 2. The van der Waals surface area contributed by atoms with Crippen LogP contribution in [0.3, 0.4) is 0 Å². The van der Waals surface area contributed by atoms with Crippen molar-refractivity contribution in [1.82, 2.24) is 9.80 Å². The molecule has 0 N–H and O–H groups in total. The lowest BCUT2D eigenvalue weighted by molar-refractivity contribution is -0.133. The number of halogens is 1. The molecule has 0 atom stereocenters. The van der Waals surface area contributed by atoms with Crippen LogP contribution >= 0.6 is 11.6 Å². The van der Waals surface area contributed by atoms with E-state index in [9.17, 15) is 9.59 Å². The van der Waals surface area contributed by atoms with Gasteiger partial charge in [-0.3, -0.25) is 9.59 Å². The zero-order chi connectivity index (χ0) is 22.1. The largest absolute Gasteiger partial charge is 0.492 e. The van der Waals surface area contributed by atoms with Gasteiger partial charge in [-0.15, -0.1) is 0 Å². The monoisotopic (exact) mass is 442 g/mol. The van der Waals surface area contributed by atoms with Crippen LogP contribution in [0.25, 0.3) is 0 Å². The molecule has 0 unspecified atom stereocenters. The summed E-state index contributed by atoms with van der Waals surface area (Å²) in [5, 5.41) is 0.577. The molecule has 2 aromatic rings. The second kappa shape index (κ2) is 11.8. The number of nitrogens with zero attached hydrogens (tertiary/aromatic N) is 2. The molecule has 0 bridgehead atoms. The van der Waals surface area contributed by atoms with Crippen molar-refractivity contribution >= 4 is 23.4 Å². The van der Waals surface area contributed by atoms with Gasteiger partial charge in [-0.1, -0.05) is 53.6 Å². The fourth-order valence-electron chi connectivity index (χ4n) is 3.71. The molecule has 5 nitrogen and oxygen atoms in total. The predicted octanol–water partition coefficient (Wildman–Crippen LogP) is 4.50. The molecule has 1 saturated heterocycles. The summed E-state index contributed by atoms with van der Waals surface area (Å²) in [6.45, 7) is 5.13. The zero-order valence-corrected chi connectivity index (χ0v) is 18.9. The molecule has 6 heteroatoms. The Morgan fingerprint density at radius 2 is 1.55 bits per heavy atom. The smallest absolute Gasteiger partial charge is 0.222 e. The van der Waals surface area contributed by atoms with Crippen molar-refractivity contribution in [2.45, 2.75) is 39.0 Å². The van der Waals surface area contributed by atoms with Crippen LogP contribution in [-0.4, -0.2) is 54.4 Å². The summed E-state index contributed by atoms with van der Waals surface area (Å²) in [6, 6.07) is 15.7. The first kappa shape index (κ1) is 23.1. The number of hydrogen-bond acceptors (Lipinski definition) is 3. The Balaban J connectivity index is 1.37. The number of amides is 2. The van der Waals surface area contributed by atoms with Crippen molar-refractivity contribution in [1.29, 1.82) is 0 Å². The molecule has 1 fully saturated rings. The van der Waals surface area contributed by atoms with Gasteiger partial charge in [0.1, 0.15) is 5.75 Å². The van der Waals surface area contributed by atoms with Crippen LogP contribution in [0.1, 0.15) is 36.8 Å². The van der Waals surface area contributed by atoms with E-state index in [4.69, 9.17) is 16.3 Å². The highest BCUT2D eigenvalue weighted by atomic mass is 35.5. The predicted molar refractivity (Wildman–Crippen MR) is 123 cm³/mol. The first-order valence-electron chi connectivity index (χ1n) is 11.0. The summed E-state index contributed by atoms with van der Waals surface area (Å²) in [6.07, 6.45) is 3.16. The Kier molecular flexibility index (Phi) is 8.77. The molecule has 0 saturated carbocycles. The van der Waals surface area contributed by atoms with E-state index in [-0.39, 0.29) is 11.8 Å². The van der Waals surface area contributed by atoms with Gasteiger partial charge in [0.05, 0.1) is 11.6 Å². The number of carbonyl (C=O) groups excluding carboxylic acids is 2. The van der Waals surface area contributed by atoms with Gasteiger partial charge >= 0.3 is 0 Å². The average molecular weight is 443 g/mol. The standard InChI is InChI=1S/C25H31ClN2O3/c1-20-9-11-21(12-10-20)13-14-25(30)28-16-5-15-27(17-18-28)24(29)8-4-19-31-23-7-3-2-6-22(23)26/h2-3,6-7,9-12H,4-5,8,13-19H2,1H3. The molecule has 31 heavy (non-hydrogen) atoms. The lowest BCUT2D eigenvalue weighted by Crippen LogP contribution is -2.37. The first-order chi connectivity index (χ1) is 15.0. The van der Waals surface area contributed by atoms with Crippen LogP contribution in [0.4, 0.5) is 0 Å². The first-order valence-corrected chi connectivity index (χ1v) is 11.4. The maximum absolute atomic E-state index is 12.6. The van der Waals surface area contributed by atoms with Crippen LogP contribution in [0.5, 0.6) is 5.75 Å². The molecule has 0 spiro atoms. The molecular weight excluding hydrogens is 412 g/mol. The SMILES string of the molecule is Cc1ccc(CCC(=O)N2CCCN(C(=O)CCCOc3ccccc3Cl)CC2)cc1. The summed E-state index contributed by atoms with van der Waals surface area (Å²) >= 11 is 6.08. The minimum absolute atomic E-state index is 0.122. The number of para-hydroxylation sites is 1. The normalized spacial score (nSPS) is 14.3. The van der Waals surface area contributed by atoms with Crippen molar-refractivity contribution in [3.8, 4) is 5.75 Å². The van der Waals surface area contributed by atoms with E-state index < -0.39 is 0 Å². The minimum Gasteiger partial charge on any atom is -0.492 e. The summed E-state index contributed by atoms with van der Waals surface area (Å²) in [7, 11) is 0. The lowest BCUT2D eigenvalue weighted by Gasteiger charge is -2.22. The molecule has 3 rings (SSSR count). The van der Waals surface area contributed by atoms with Gasteiger partial charge in [0, 0.05) is 39.0 Å². The van der Waals surface area contributed by atoms with E-state index >= 15 is 0 Å². The molecule has 2 amide bonds.